The molecule has 0 fully saturated rings. The number of ether oxygens (including phenoxy) is 1. The van der Waals surface area contributed by atoms with Gasteiger partial charge in [-0.15, -0.1) is 0 Å². The molecule has 0 N–H and O–H groups in total. The normalized spacial score (nSPS) is 13.9. The molecule has 0 atom stereocenters. The summed E-state index contributed by atoms with van der Waals surface area (Å²) < 4.78 is 15.7. The number of hydrogen-bond acceptors (Lipinski definition) is 2. The Hall–Kier alpha value is -6.58. The van der Waals surface area contributed by atoms with E-state index in [4.69, 9.17) is 9.15 Å². The van der Waals surface area contributed by atoms with Gasteiger partial charge < -0.3 is 13.7 Å². The summed E-state index contributed by atoms with van der Waals surface area (Å²) in [5, 5.41) is 7.07. The molecule has 232 valence electrons. The van der Waals surface area contributed by atoms with Gasteiger partial charge in [0.2, 0.25) is 0 Å². The minimum atomic E-state index is -0.542. The van der Waals surface area contributed by atoms with Crippen LogP contribution in [0.1, 0.15) is 22.3 Å². The van der Waals surface area contributed by atoms with Crippen LogP contribution in [0.25, 0.3) is 71.3 Å². The smallest absolute Gasteiger partial charge is 0.135 e. The Balaban J connectivity index is 1.26. The van der Waals surface area contributed by atoms with Crippen molar-refractivity contribution in [3.8, 4) is 28.3 Å². The molecular weight excluding hydrogens is 611 g/mol. The average Bonchev–Trinajstić information content (AvgIpc) is 3.81. The molecule has 0 bridgehead atoms. The van der Waals surface area contributed by atoms with E-state index in [1.54, 1.807) is 0 Å². The van der Waals surface area contributed by atoms with Crippen LogP contribution in [-0.2, 0) is 5.41 Å². The summed E-state index contributed by atoms with van der Waals surface area (Å²) in [6.45, 7) is 0. The molecule has 1 spiro atoms. The molecule has 50 heavy (non-hydrogen) atoms. The van der Waals surface area contributed by atoms with E-state index < -0.39 is 5.41 Å². The third-order valence-corrected chi connectivity index (χ3v) is 11.2. The topological polar surface area (TPSA) is 27.3 Å². The Morgan fingerprint density at radius 2 is 1.10 bits per heavy atom. The van der Waals surface area contributed by atoms with E-state index in [1.165, 1.54) is 49.4 Å². The Kier molecular flexibility index (Phi) is 4.91. The van der Waals surface area contributed by atoms with Gasteiger partial charge in [0, 0.05) is 38.4 Å². The van der Waals surface area contributed by atoms with Crippen LogP contribution < -0.4 is 4.74 Å². The van der Waals surface area contributed by atoms with Crippen molar-refractivity contribution in [2.24, 2.45) is 0 Å². The van der Waals surface area contributed by atoms with Crippen molar-refractivity contribution in [1.29, 1.82) is 0 Å². The SMILES string of the molecule is c1ccc2c(c1)Oc1cc3c4c5ccccc5ccc4n(-c4ccc5oc6ccccc6c5c4)c3cc1C21c2ccccc2-c2ccccc21. The summed E-state index contributed by atoms with van der Waals surface area (Å²) >= 11 is 0. The lowest BCUT2D eigenvalue weighted by Crippen LogP contribution is -2.32. The van der Waals surface area contributed by atoms with Gasteiger partial charge in [0.15, 0.2) is 0 Å². The van der Waals surface area contributed by atoms with E-state index in [9.17, 15) is 0 Å². The number of fused-ring (bicyclic) bond motifs is 17. The number of benzene rings is 8. The molecule has 0 saturated heterocycles. The van der Waals surface area contributed by atoms with Crippen LogP contribution in [0.2, 0.25) is 0 Å². The maximum Gasteiger partial charge on any atom is 0.135 e. The molecular formula is C47H27NO2. The fourth-order valence-corrected chi connectivity index (χ4v) is 9.27. The molecule has 0 saturated carbocycles. The van der Waals surface area contributed by atoms with Crippen LogP contribution in [-0.4, -0.2) is 4.57 Å². The Morgan fingerprint density at radius 1 is 0.420 bits per heavy atom. The number of hydrogen-bond donors (Lipinski definition) is 0. The van der Waals surface area contributed by atoms with Crippen molar-refractivity contribution in [3.05, 3.63) is 186 Å². The van der Waals surface area contributed by atoms with Crippen LogP contribution >= 0.6 is 0 Å². The Morgan fingerprint density at radius 3 is 1.94 bits per heavy atom. The molecule has 0 unspecified atom stereocenters. The van der Waals surface area contributed by atoms with Gasteiger partial charge in [-0.25, -0.2) is 0 Å². The van der Waals surface area contributed by atoms with Gasteiger partial charge in [0.05, 0.1) is 16.4 Å². The maximum atomic E-state index is 6.95. The standard InChI is InChI=1S/C47H27NO2/c1-2-12-30-28(11-1)21-23-40-46(30)35-26-45-39(27-41(35)48(40)29-22-24-43-34(25-29)33-15-5-9-19-42(33)49-43)47(38-18-8-10-20-44(38)50-45)36-16-6-3-13-31(36)32-14-4-7-17-37(32)47/h1-27H. The summed E-state index contributed by atoms with van der Waals surface area (Å²) in [5.41, 5.74) is 12.1. The number of furan rings is 1. The van der Waals surface area contributed by atoms with Crippen LogP contribution in [0, 0.1) is 0 Å². The molecule has 10 aromatic rings. The molecule has 2 aliphatic rings. The summed E-state index contributed by atoms with van der Waals surface area (Å²) in [4.78, 5) is 0. The minimum absolute atomic E-state index is 0.542. The quantitative estimate of drug-likeness (QED) is 0.179. The number of para-hydroxylation sites is 2. The highest BCUT2D eigenvalue weighted by Gasteiger charge is 2.51. The van der Waals surface area contributed by atoms with Gasteiger partial charge in [0.1, 0.15) is 22.7 Å². The van der Waals surface area contributed by atoms with Crippen LogP contribution in [0.5, 0.6) is 11.5 Å². The van der Waals surface area contributed by atoms with Gasteiger partial charge in [-0.3, -0.25) is 0 Å². The summed E-state index contributed by atoms with van der Waals surface area (Å²) in [6, 6.07) is 59.3. The van der Waals surface area contributed by atoms with E-state index in [-0.39, 0.29) is 0 Å². The first kappa shape index (κ1) is 26.4. The molecule has 3 heteroatoms. The highest BCUT2D eigenvalue weighted by molar-refractivity contribution is 6.22. The lowest BCUT2D eigenvalue weighted by atomic mass is 9.66. The zero-order valence-corrected chi connectivity index (χ0v) is 26.9. The molecule has 3 heterocycles. The van der Waals surface area contributed by atoms with Gasteiger partial charge >= 0.3 is 0 Å². The fourth-order valence-electron chi connectivity index (χ4n) is 9.27. The average molecular weight is 638 g/mol. The van der Waals surface area contributed by atoms with Gasteiger partial charge in [-0.2, -0.15) is 0 Å². The number of nitrogens with zero attached hydrogens (tertiary/aromatic N) is 1. The monoisotopic (exact) mass is 637 g/mol. The molecule has 8 aromatic carbocycles. The van der Waals surface area contributed by atoms with E-state index in [0.717, 1.165) is 55.7 Å². The second-order valence-electron chi connectivity index (χ2n) is 13.6. The van der Waals surface area contributed by atoms with E-state index in [1.807, 2.05) is 12.1 Å². The van der Waals surface area contributed by atoms with Crippen LogP contribution in [0.3, 0.4) is 0 Å². The predicted molar refractivity (Wildman–Crippen MR) is 203 cm³/mol. The van der Waals surface area contributed by atoms with Gasteiger partial charge in [0.25, 0.3) is 0 Å². The molecule has 2 aromatic heterocycles. The summed E-state index contributed by atoms with van der Waals surface area (Å²) in [5.74, 6) is 1.79. The van der Waals surface area contributed by atoms with E-state index in [0.29, 0.717) is 0 Å². The second kappa shape index (κ2) is 9.31. The van der Waals surface area contributed by atoms with Gasteiger partial charge in [-0.1, -0.05) is 115 Å². The van der Waals surface area contributed by atoms with Crippen molar-refractivity contribution in [1.82, 2.24) is 4.57 Å². The predicted octanol–water partition coefficient (Wildman–Crippen LogP) is 12.3. The Labute approximate surface area is 287 Å². The summed E-state index contributed by atoms with van der Waals surface area (Å²) in [7, 11) is 0. The minimum Gasteiger partial charge on any atom is -0.457 e. The van der Waals surface area contributed by atoms with Gasteiger partial charge in [-0.05, 0) is 81.6 Å². The fraction of sp³-hybridized carbons (Fsp3) is 0.0213. The van der Waals surface area contributed by atoms with Crippen molar-refractivity contribution in [2.45, 2.75) is 5.41 Å². The Bertz CT molecular complexity index is 3040. The highest BCUT2D eigenvalue weighted by atomic mass is 16.5. The van der Waals surface area contributed by atoms with E-state index in [2.05, 4.69) is 156 Å². The third-order valence-electron chi connectivity index (χ3n) is 11.2. The lowest BCUT2D eigenvalue weighted by Gasteiger charge is -2.39. The third kappa shape index (κ3) is 3.16. The number of aromatic nitrogens is 1. The van der Waals surface area contributed by atoms with Crippen molar-refractivity contribution in [3.63, 3.8) is 0 Å². The second-order valence-corrected chi connectivity index (χ2v) is 13.6. The molecule has 12 rings (SSSR count). The van der Waals surface area contributed by atoms with Crippen LogP contribution in [0.4, 0.5) is 0 Å². The lowest BCUT2D eigenvalue weighted by molar-refractivity contribution is 0.437. The molecule has 1 aliphatic heterocycles. The van der Waals surface area contributed by atoms with Crippen molar-refractivity contribution in [2.75, 3.05) is 0 Å². The van der Waals surface area contributed by atoms with Crippen LogP contribution in [0.15, 0.2) is 168 Å². The first-order valence-corrected chi connectivity index (χ1v) is 17.2. The van der Waals surface area contributed by atoms with Crippen molar-refractivity contribution < 1.29 is 9.15 Å². The first-order chi connectivity index (χ1) is 24.8. The molecule has 0 radical (unpaired) electrons. The molecule has 0 amide bonds. The van der Waals surface area contributed by atoms with Crippen molar-refractivity contribution >= 4 is 54.5 Å². The zero-order valence-electron chi connectivity index (χ0n) is 26.9. The largest absolute Gasteiger partial charge is 0.457 e. The molecule has 1 aliphatic carbocycles. The van der Waals surface area contributed by atoms with E-state index >= 15 is 0 Å². The zero-order chi connectivity index (χ0) is 32.6. The first-order valence-electron chi connectivity index (χ1n) is 17.2. The number of rotatable bonds is 1. The maximum absolute atomic E-state index is 6.95. The molecule has 3 nitrogen and oxygen atoms in total. The highest BCUT2D eigenvalue weighted by Crippen LogP contribution is 2.62. The summed E-state index contributed by atoms with van der Waals surface area (Å²) in [6.07, 6.45) is 0.